The van der Waals surface area contributed by atoms with Crippen molar-refractivity contribution >= 4 is 22.5 Å². The summed E-state index contributed by atoms with van der Waals surface area (Å²) < 4.78 is 38.3. The molecule has 0 radical (unpaired) electrons. The van der Waals surface area contributed by atoms with E-state index in [4.69, 9.17) is 16.7 Å². The van der Waals surface area contributed by atoms with Crippen LogP contribution in [0.25, 0.3) is 10.9 Å². The second kappa shape index (κ2) is 4.23. The number of alkyl halides is 3. The smallest absolute Gasteiger partial charge is 0.396 e. The highest BCUT2D eigenvalue weighted by atomic mass is 35.5. The van der Waals surface area contributed by atoms with Gasteiger partial charge in [0, 0.05) is 22.5 Å². The van der Waals surface area contributed by atoms with Crippen molar-refractivity contribution in [2.75, 3.05) is 6.61 Å². The fourth-order valence-corrected chi connectivity index (χ4v) is 2.01. The largest absolute Gasteiger partial charge is 0.431 e. The van der Waals surface area contributed by atoms with Crippen molar-refractivity contribution in [2.24, 2.45) is 0 Å². The van der Waals surface area contributed by atoms with Crippen molar-refractivity contribution in [3.8, 4) is 0 Å². The average molecular weight is 264 g/mol. The Morgan fingerprint density at radius 3 is 2.59 bits per heavy atom. The van der Waals surface area contributed by atoms with Crippen molar-refractivity contribution in [2.45, 2.75) is 12.6 Å². The molecule has 0 aliphatic heterocycles. The zero-order valence-electron chi connectivity index (χ0n) is 8.61. The summed E-state index contributed by atoms with van der Waals surface area (Å²) in [6, 6.07) is 4.48. The Hall–Kier alpha value is -1.20. The molecule has 2 aromatic rings. The van der Waals surface area contributed by atoms with Gasteiger partial charge >= 0.3 is 6.18 Å². The number of rotatable bonds is 2. The normalized spacial score (nSPS) is 12.3. The second-order valence-corrected chi connectivity index (χ2v) is 4.08. The highest BCUT2D eigenvalue weighted by Gasteiger charge is 2.36. The van der Waals surface area contributed by atoms with Crippen LogP contribution in [0.2, 0.25) is 5.02 Å². The summed E-state index contributed by atoms with van der Waals surface area (Å²) in [5.74, 6) is 0. The highest BCUT2D eigenvalue weighted by Crippen LogP contribution is 2.36. The number of nitrogens with one attached hydrogen (secondary N) is 1. The van der Waals surface area contributed by atoms with E-state index < -0.39 is 11.9 Å². The first-order valence-electron chi connectivity index (χ1n) is 4.91. The number of fused-ring (bicyclic) bond motifs is 1. The molecule has 0 saturated heterocycles. The van der Waals surface area contributed by atoms with Crippen LogP contribution in [0.3, 0.4) is 0 Å². The maximum atomic E-state index is 12.8. The average Bonchev–Trinajstić information content (AvgIpc) is 2.57. The van der Waals surface area contributed by atoms with Gasteiger partial charge in [-0.1, -0.05) is 11.6 Å². The molecule has 6 heteroatoms. The van der Waals surface area contributed by atoms with E-state index in [1.807, 2.05) is 0 Å². The number of H-pyrrole nitrogens is 1. The quantitative estimate of drug-likeness (QED) is 0.856. The maximum absolute atomic E-state index is 12.8. The first-order chi connectivity index (χ1) is 7.93. The Bertz CT molecular complexity index is 547. The Balaban J connectivity index is 2.71. The molecule has 1 aromatic heterocycles. The van der Waals surface area contributed by atoms with E-state index in [2.05, 4.69) is 4.98 Å². The van der Waals surface area contributed by atoms with E-state index in [0.717, 1.165) is 0 Å². The topological polar surface area (TPSA) is 36.0 Å². The zero-order chi connectivity index (χ0) is 12.6. The van der Waals surface area contributed by atoms with Gasteiger partial charge in [-0.15, -0.1) is 0 Å². The Morgan fingerprint density at radius 1 is 1.29 bits per heavy atom. The fraction of sp³-hybridized carbons (Fsp3) is 0.273. The molecule has 0 saturated carbocycles. The van der Waals surface area contributed by atoms with Gasteiger partial charge in [-0.2, -0.15) is 13.2 Å². The van der Waals surface area contributed by atoms with Crippen LogP contribution in [0, 0.1) is 0 Å². The van der Waals surface area contributed by atoms with Gasteiger partial charge in [0.15, 0.2) is 0 Å². The molecule has 1 heterocycles. The summed E-state index contributed by atoms with van der Waals surface area (Å²) in [7, 11) is 0. The molecule has 0 bridgehead atoms. The number of benzene rings is 1. The lowest BCUT2D eigenvalue weighted by Crippen LogP contribution is -2.09. The molecule has 0 spiro atoms. The van der Waals surface area contributed by atoms with Crippen LogP contribution in [-0.2, 0) is 12.6 Å². The molecule has 2 rings (SSSR count). The van der Waals surface area contributed by atoms with Gasteiger partial charge in [0.2, 0.25) is 0 Å². The van der Waals surface area contributed by atoms with E-state index in [-0.39, 0.29) is 18.6 Å². The van der Waals surface area contributed by atoms with Gasteiger partial charge in [0.05, 0.1) is 0 Å². The van der Waals surface area contributed by atoms with Gasteiger partial charge in [-0.05, 0) is 30.2 Å². The lowest BCUT2D eigenvalue weighted by atomic mass is 10.1. The number of aliphatic hydroxyl groups excluding tert-OH is 1. The summed E-state index contributed by atoms with van der Waals surface area (Å²) in [6.07, 6.45) is -4.52. The van der Waals surface area contributed by atoms with Crippen LogP contribution in [0.1, 0.15) is 11.3 Å². The lowest BCUT2D eigenvalue weighted by Gasteiger charge is -2.06. The van der Waals surface area contributed by atoms with Crippen LogP contribution in [-0.4, -0.2) is 16.7 Å². The van der Waals surface area contributed by atoms with Crippen LogP contribution < -0.4 is 0 Å². The second-order valence-electron chi connectivity index (χ2n) is 3.64. The predicted octanol–water partition coefficient (Wildman–Crippen LogP) is 3.37. The number of aromatic nitrogens is 1. The highest BCUT2D eigenvalue weighted by molar-refractivity contribution is 6.31. The van der Waals surface area contributed by atoms with Gasteiger partial charge in [0.25, 0.3) is 0 Å². The van der Waals surface area contributed by atoms with Crippen LogP contribution in [0.4, 0.5) is 13.2 Å². The van der Waals surface area contributed by atoms with Crippen LogP contribution >= 0.6 is 11.6 Å². The molecule has 0 aliphatic rings. The fourth-order valence-electron chi connectivity index (χ4n) is 1.83. The van der Waals surface area contributed by atoms with Crippen molar-refractivity contribution < 1.29 is 18.3 Å². The Labute approximate surface area is 100 Å². The number of hydrogen-bond donors (Lipinski definition) is 2. The molecule has 0 fully saturated rings. The number of halogens is 4. The SMILES string of the molecule is OCCc1c(C(F)(F)F)[nH]c2ccc(Cl)cc12. The first kappa shape index (κ1) is 12.3. The van der Waals surface area contributed by atoms with Crippen molar-refractivity contribution in [1.29, 1.82) is 0 Å². The molecule has 0 atom stereocenters. The molecule has 2 N–H and O–H groups in total. The third kappa shape index (κ3) is 2.25. The third-order valence-corrected chi connectivity index (χ3v) is 2.75. The van der Waals surface area contributed by atoms with E-state index in [1.54, 1.807) is 0 Å². The molecular formula is C11H9ClF3NO. The standard InChI is InChI=1S/C11H9ClF3NO/c12-6-1-2-9-8(5-6)7(3-4-17)10(16-9)11(13,14)15/h1-2,5,16-17H,3-4H2. The minimum atomic E-state index is -4.46. The van der Waals surface area contributed by atoms with Gasteiger partial charge in [-0.3, -0.25) is 0 Å². The summed E-state index contributed by atoms with van der Waals surface area (Å²) in [5, 5.41) is 9.61. The summed E-state index contributed by atoms with van der Waals surface area (Å²) in [5.41, 5.74) is -0.397. The van der Waals surface area contributed by atoms with E-state index in [0.29, 0.717) is 15.9 Å². The van der Waals surface area contributed by atoms with Gasteiger partial charge in [-0.25, -0.2) is 0 Å². The summed E-state index contributed by atoms with van der Waals surface area (Å²) in [6.45, 7) is -0.345. The monoisotopic (exact) mass is 263 g/mol. The minimum Gasteiger partial charge on any atom is -0.396 e. The van der Waals surface area contributed by atoms with Crippen molar-refractivity contribution in [3.63, 3.8) is 0 Å². The molecule has 0 amide bonds. The first-order valence-corrected chi connectivity index (χ1v) is 5.29. The molecule has 17 heavy (non-hydrogen) atoms. The lowest BCUT2D eigenvalue weighted by molar-refractivity contribution is -0.141. The van der Waals surface area contributed by atoms with Crippen LogP contribution in [0.15, 0.2) is 18.2 Å². The molecule has 2 nitrogen and oxygen atoms in total. The number of aliphatic hydroxyl groups is 1. The minimum absolute atomic E-state index is 0.0532. The third-order valence-electron chi connectivity index (χ3n) is 2.51. The summed E-state index contributed by atoms with van der Waals surface area (Å²) in [4.78, 5) is 2.32. The Kier molecular flexibility index (Phi) is 3.05. The summed E-state index contributed by atoms with van der Waals surface area (Å²) >= 11 is 5.76. The van der Waals surface area contributed by atoms with Gasteiger partial charge < -0.3 is 10.1 Å². The van der Waals surface area contributed by atoms with Crippen molar-refractivity contribution in [3.05, 3.63) is 34.5 Å². The number of aromatic amines is 1. The Morgan fingerprint density at radius 2 is 2.00 bits per heavy atom. The van der Waals surface area contributed by atoms with Crippen molar-refractivity contribution in [1.82, 2.24) is 4.98 Å². The molecule has 0 aliphatic carbocycles. The maximum Gasteiger partial charge on any atom is 0.431 e. The predicted molar refractivity (Wildman–Crippen MR) is 59.1 cm³/mol. The van der Waals surface area contributed by atoms with E-state index in [9.17, 15) is 13.2 Å². The molecular weight excluding hydrogens is 255 g/mol. The van der Waals surface area contributed by atoms with Crippen LogP contribution in [0.5, 0.6) is 0 Å². The molecule has 1 aromatic carbocycles. The van der Waals surface area contributed by atoms with E-state index >= 15 is 0 Å². The van der Waals surface area contributed by atoms with Gasteiger partial charge in [0.1, 0.15) is 5.69 Å². The molecule has 92 valence electrons. The van der Waals surface area contributed by atoms with E-state index in [1.165, 1.54) is 18.2 Å². The molecule has 0 unspecified atom stereocenters. The number of hydrogen-bond acceptors (Lipinski definition) is 1. The zero-order valence-corrected chi connectivity index (χ0v) is 9.36.